The summed E-state index contributed by atoms with van der Waals surface area (Å²) in [7, 11) is 0. The first-order valence-corrected chi connectivity index (χ1v) is 10.8. The number of nitrogens with one attached hydrogen (secondary N) is 2. The van der Waals surface area contributed by atoms with Crippen LogP contribution >= 0.6 is 0 Å². The van der Waals surface area contributed by atoms with Crippen LogP contribution in [0.25, 0.3) is 0 Å². The van der Waals surface area contributed by atoms with Crippen LogP contribution in [0.3, 0.4) is 0 Å². The molecule has 29 heavy (non-hydrogen) atoms. The van der Waals surface area contributed by atoms with Crippen LogP contribution in [0.4, 0.5) is 0 Å². The van der Waals surface area contributed by atoms with E-state index in [1.807, 2.05) is 12.1 Å². The van der Waals surface area contributed by atoms with E-state index in [-0.39, 0.29) is 29.7 Å². The summed E-state index contributed by atoms with van der Waals surface area (Å²) in [6.07, 6.45) is 5.75. The average Bonchev–Trinajstić information content (AvgIpc) is 2.85. The first-order chi connectivity index (χ1) is 14.1. The molecular weight excluding hydrogens is 368 g/mol. The summed E-state index contributed by atoms with van der Waals surface area (Å²) in [5, 5.41) is 5.81. The maximum absolute atomic E-state index is 13.1. The van der Waals surface area contributed by atoms with Crippen molar-refractivity contribution >= 4 is 17.7 Å². The van der Waals surface area contributed by atoms with Gasteiger partial charge in [0.1, 0.15) is 6.04 Å². The first-order valence-electron chi connectivity index (χ1n) is 10.8. The van der Waals surface area contributed by atoms with Gasteiger partial charge in [-0.1, -0.05) is 25.0 Å². The number of benzene rings is 1. The lowest BCUT2D eigenvalue weighted by atomic mass is 9.85. The minimum Gasteiger partial charge on any atom is -0.322 e. The molecule has 1 aromatic carbocycles. The van der Waals surface area contributed by atoms with E-state index in [9.17, 15) is 14.4 Å². The largest absolute Gasteiger partial charge is 0.322 e. The fourth-order valence-electron chi connectivity index (χ4n) is 5.31. The summed E-state index contributed by atoms with van der Waals surface area (Å²) in [6.45, 7) is 4.52. The highest BCUT2D eigenvalue weighted by Gasteiger charge is 2.43. The molecule has 4 aliphatic heterocycles. The molecule has 3 amide bonds. The number of imide groups is 1. The highest BCUT2D eigenvalue weighted by atomic mass is 16.2. The topological polar surface area (TPSA) is 81.8 Å². The van der Waals surface area contributed by atoms with Crippen LogP contribution in [0.2, 0.25) is 0 Å². The summed E-state index contributed by atoms with van der Waals surface area (Å²) in [6, 6.07) is 5.64. The van der Waals surface area contributed by atoms with Crippen LogP contribution < -0.4 is 10.6 Å². The van der Waals surface area contributed by atoms with Gasteiger partial charge in [-0.2, -0.15) is 0 Å². The minimum atomic E-state index is -0.550. The number of carbonyl (C=O) groups is 3. The molecule has 2 N–H and O–H groups in total. The van der Waals surface area contributed by atoms with Crippen molar-refractivity contribution < 1.29 is 14.4 Å². The van der Waals surface area contributed by atoms with Gasteiger partial charge in [0.2, 0.25) is 11.8 Å². The second-order valence-electron chi connectivity index (χ2n) is 8.95. The second kappa shape index (κ2) is 7.22. The van der Waals surface area contributed by atoms with Gasteiger partial charge in [-0.05, 0) is 43.0 Å². The Morgan fingerprint density at radius 1 is 1.10 bits per heavy atom. The summed E-state index contributed by atoms with van der Waals surface area (Å²) in [4.78, 5) is 40.9. The van der Waals surface area contributed by atoms with E-state index in [1.165, 1.54) is 25.7 Å². The Balaban J connectivity index is 1.34. The molecule has 1 atom stereocenters. The monoisotopic (exact) mass is 396 g/mol. The van der Waals surface area contributed by atoms with Crippen molar-refractivity contribution in [1.29, 1.82) is 0 Å². The van der Waals surface area contributed by atoms with Crippen molar-refractivity contribution in [3.05, 3.63) is 34.9 Å². The zero-order valence-corrected chi connectivity index (χ0v) is 16.7. The van der Waals surface area contributed by atoms with Gasteiger partial charge in [-0.3, -0.25) is 24.6 Å². The second-order valence-corrected chi connectivity index (χ2v) is 8.95. The molecule has 0 saturated carbocycles. The third kappa shape index (κ3) is 3.26. The zero-order chi connectivity index (χ0) is 20.0. The lowest BCUT2D eigenvalue weighted by molar-refractivity contribution is -0.136. The Labute approximate surface area is 170 Å². The number of nitrogens with zero attached hydrogens (tertiary/aromatic N) is 2. The number of piperidine rings is 1. The third-order valence-corrected chi connectivity index (χ3v) is 7.12. The molecule has 4 aliphatic rings. The van der Waals surface area contributed by atoms with Crippen molar-refractivity contribution in [2.24, 2.45) is 0 Å². The number of hydrogen-bond donors (Lipinski definition) is 2. The quantitative estimate of drug-likeness (QED) is 0.750. The smallest absolute Gasteiger partial charge is 0.255 e. The summed E-state index contributed by atoms with van der Waals surface area (Å²) in [5.41, 5.74) is 3.12. The standard InChI is InChI=1S/C22H28N4O3/c27-19-7-6-18(20(28)24-19)26-12-16-5-4-15(10-17(16)21(26)29)11-25-9-3-1-2-8-22(25)13-23-14-22/h4-5,10,18,23H,1-3,6-9,11-14H2,(H,24,27,28). The van der Waals surface area contributed by atoms with E-state index in [2.05, 4.69) is 21.6 Å². The van der Waals surface area contributed by atoms with Crippen molar-refractivity contribution in [2.75, 3.05) is 19.6 Å². The van der Waals surface area contributed by atoms with Gasteiger partial charge < -0.3 is 10.2 Å². The molecule has 0 bridgehead atoms. The molecule has 7 nitrogen and oxygen atoms in total. The molecule has 154 valence electrons. The van der Waals surface area contributed by atoms with Gasteiger partial charge in [0, 0.05) is 43.7 Å². The molecule has 7 heteroatoms. The maximum atomic E-state index is 13.1. The van der Waals surface area contributed by atoms with Crippen LogP contribution in [0.15, 0.2) is 18.2 Å². The molecule has 0 aromatic heterocycles. The Morgan fingerprint density at radius 2 is 1.97 bits per heavy atom. The summed E-state index contributed by atoms with van der Waals surface area (Å²) >= 11 is 0. The Bertz CT molecular complexity index is 864. The lowest BCUT2D eigenvalue weighted by Gasteiger charge is -2.50. The number of likely N-dealkylation sites (tertiary alicyclic amines) is 1. The molecule has 3 fully saturated rings. The predicted molar refractivity (Wildman–Crippen MR) is 107 cm³/mol. The molecule has 1 spiro atoms. The van der Waals surface area contributed by atoms with Crippen molar-refractivity contribution in [1.82, 2.24) is 20.4 Å². The molecule has 1 aromatic rings. The van der Waals surface area contributed by atoms with E-state index in [0.29, 0.717) is 18.5 Å². The Kier molecular flexibility index (Phi) is 4.67. The van der Waals surface area contributed by atoms with Gasteiger partial charge in [-0.15, -0.1) is 0 Å². The van der Waals surface area contributed by atoms with Crippen LogP contribution in [0, 0.1) is 0 Å². The fraction of sp³-hybridized carbons (Fsp3) is 0.591. The van der Waals surface area contributed by atoms with Crippen molar-refractivity contribution in [2.45, 2.75) is 63.2 Å². The minimum absolute atomic E-state index is 0.0905. The van der Waals surface area contributed by atoms with Crippen molar-refractivity contribution in [3.63, 3.8) is 0 Å². The maximum Gasteiger partial charge on any atom is 0.255 e. The molecule has 0 aliphatic carbocycles. The van der Waals surface area contributed by atoms with Crippen LogP contribution in [0.1, 0.15) is 60.0 Å². The SMILES string of the molecule is O=C1CCC(N2Cc3ccc(CN4CCCCCC45CNC5)cc3C2=O)C(=O)N1. The summed E-state index contributed by atoms with van der Waals surface area (Å²) < 4.78 is 0. The lowest BCUT2D eigenvalue weighted by Crippen LogP contribution is -2.68. The predicted octanol–water partition coefficient (Wildman–Crippen LogP) is 1.17. The number of amides is 3. The normalized spacial score (nSPS) is 26.8. The van der Waals surface area contributed by atoms with Gasteiger partial charge in [0.25, 0.3) is 5.91 Å². The Hall–Kier alpha value is -2.25. The van der Waals surface area contributed by atoms with E-state index in [1.54, 1.807) is 4.90 Å². The van der Waals surface area contributed by atoms with E-state index in [0.717, 1.165) is 37.3 Å². The van der Waals surface area contributed by atoms with Gasteiger partial charge in [-0.25, -0.2) is 0 Å². The molecule has 0 radical (unpaired) electrons. The molecule has 1 unspecified atom stereocenters. The highest BCUT2D eigenvalue weighted by Crippen LogP contribution is 2.33. The van der Waals surface area contributed by atoms with Crippen molar-refractivity contribution in [3.8, 4) is 0 Å². The molecular formula is C22H28N4O3. The molecule has 3 saturated heterocycles. The van der Waals surface area contributed by atoms with E-state index < -0.39 is 6.04 Å². The number of carbonyl (C=O) groups excluding carboxylic acids is 3. The van der Waals surface area contributed by atoms with Crippen LogP contribution in [0.5, 0.6) is 0 Å². The van der Waals surface area contributed by atoms with Crippen LogP contribution in [-0.4, -0.2) is 58.7 Å². The highest BCUT2D eigenvalue weighted by molar-refractivity contribution is 6.05. The van der Waals surface area contributed by atoms with Gasteiger partial charge in [0.15, 0.2) is 0 Å². The molecule has 5 rings (SSSR count). The average molecular weight is 396 g/mol. The van der Waals surface area contributed by atoms with Gasteiger partial charge >= 0.3 is 0 Å². The zero-order valence-electron chi connectivity index (χ0n) is 16.7. The van der Waals surface area contributed by atoms with Gasteiger partial charge in [0.05, 0.1) is 0 Å². The van der Waals surface area contributed by atoms with E-state index in [4.69, 9.17) is 0 Å². The first kappa shape index (κ1) is 18.8. The van der Waals surface area contributed by atoms with E-state index >= 15 is 0 Å². The Morgan fingerprint density at radius 3 is 2.72 bits per heavy atom. The number of fused-ring (bicyclic) bond motifs is 1. The van der Waals surface area contributed by atoms with Crippen LogP contribution in [-0.2, 0) is 22.7 Å². The number of hydrogen-bond acceptors (Lipinski definition) is 5. The number of rotatable bonds is 3. The summed E-state index contributed by atoms with van der Waals surface area (Å²) in [5.74, 6) is -0.701. The fourth-order valence-corrected chi connectivity index (χ4v) is 5.31. The molecule has 4 heterocycles. The third-order valence-electron chi connectivity index (χ3n) is 7.12.